The van der Waals surface area contributed by atoms with Gasteiger partial charge in [0.25, 0.3) is 0 Å². The Morgan fingerprint density at radius 2 is 2.05 bits per heavy atom. The Morgan fingerprint density at radius 1 is 1.32 bits per heavy atom. The summed E-state index contributed by atoms with van der Waals surface area (Å²) in [6.45, 7) is 2.55. The van der Waals surface area contributed by atoms with Crippen molar-refractivity contribution in [2.75, 3.05) is 41.3 Å². The van der Waals surface area contributed by atoms with Gasteiger partial charge in [-0.05, 0) is 41.2 Å². The van der Waals surface area contributed by atoms with Crippen molar-refractivity contribution in [2.45, 2.75) is 19.4 Å². The highest BCUT2D eigenvalue weighted by Crippen LogP contribution is 2.11. The quantitative estimate of drug-likeness (QED) is 0.718. The standard InChI is InChI=1S/C13H24N4OS/c1-16(2)7-5-6-14-12(18)8-11-10-19-13(15-11)9-17(3)4/h10H,5-9H2,1-4H3,(H,14,18). The average molecular weight is 284 g/mol. The van der Waals surface area contributed by atoms with Crippen molar-refractivity contribution < 1.29 is 4.79 Å². The van der Waals surface area contributed by atoms with Crippen molar-refractivity contribution in [3.63, 3.8) is 0 Å². The molecule has 1 N–H and O–H groups in total. The van der Waals surface area contributed by atoms with E-state index in [0.717, 1.165) is 36.8 Å². The van der Waals surface area contributed by atoms with Gasteiger partial charge in [0.2, 0.25) is 5.91 Å². The maximum absolute atomic E-state index is 11.7. The van der Waals surface area contributed by atoms with Gasteiger partial charge in [-0.25, -0.2) is 4.98 Å². The largest absolute Gasteiger partial charge is 0.356 e. The molecule has 1 amide bonds. The minimum absolute atomic E-state index is 0.0560. The second kappa shape index (κ2) is 8.24. The van der Waals surface area contributed by atoms with Crippen molar-refractivity contribution in [3.05, 3.63) is 16.1 Å². The van der Waals surface area contributed by atoms with Crippen molar-refractivity contribution >= 4 is 17.2 Å². The van der Waals surface area contributed by atoms with E-state index in [1.807, 2.05) is 33.6 Å². The topological polar surface area (TPSA) is 48.5 Å². The molecule has 0 spiro atoms. The van der Waals surface area contributed by atoms with Crippen LogP contribution < -0.4 is 5.32 Å². The number of hydrogen-bond acceptors (Lipinski definition) is 5. The molecule has 0 aliphatic heterocycles. The van der Waals surface area contributed by atoms with Crippen LogP contribution >= 0.6 is 11.3 Å². The zero-order valence-corrected chi connectivity index (χ0v) is 13.1. The molecule has 108 valence electrons. The molecular formula is C13H24N4OS. The highest BCUT2D eigenvalue weighted by molar-refractivity contribution is 7.09. The number of aromatic nitrogens is 1. The first-order valence-electron chi connectivity index (χ1n) is 6.47. The van der Waals surface area contributed by atoms with E-state index in [9.17, 15) is 4.79 Å². The summed E-state index contributed by atoms with van der Waals surface area (Å²) in [6.07, 6.45) is 1.35. The Labute approximate surface area is 119 Å². The summed E-state index contributed by atoms with van der Waals surface area (Å²) in [7, 11) is 8.09. The molecule has 19 heavy (non-hydrogen) atoms. The van der Waals surface area contributed by atoms with Crippen LogP contribution in [0, 0.1) is 0 Å². The van der Waals surface area contributed by atoms with E-state index in [4.69, 9.17) is 0 Å². The van der Waals surface area contributed by atoms with E-state index in [-0.39, 0.29) is 5.91 Å². The fraction of sp³-hybridized carbons (Fsp3) is 0.692. The molecule has 0 aliphatic carbocycles. The fourth-order valence-corrected chi connectivity index (χ4v) is 2.53. The first-order valence-corrected chi connectivity index (χ1v) is 7.35. The van der Waals surface area contributed by atoms with Gasteiger partial charge in [0.15, 0.2) is 0 Å². The molecule has 1 aromatic heterocycles. The molecule has 0 fully saturated rings. The third-order valence-corrected chi connectivity index (χ3v) is 3.38. The summed E-state index contributed by atoms with van der Waals surface area (Å²) in [6, 6.07) is 0. The zero-order valence-electron chi connectivity index (χ0n) is 12.3. The minimum Gasteiger partial charge on any atom is -0.356 e. The third-order valence-electron chi connectivity index (χ3n) is 2.50. The van der Waals surface area contributed by atoms with Crippen LogP contribution in [0.2, 0.25) is 0 Å². The van der Waals surface area contributed by atoms with E-state index in [1.54, 1.807) is 11.3 Å². The summed E-state index contributed by atoms with van der Waals surface area (Å²) in [4.78, 5) is 20.4. The first kappa shape index (κ1) is 16.1. The zero-order chi connectivity index (χ0) is 14.3. The van der Waals surface area contributed by atoms with Crippen LogP contribution in [0.25, 0.3) is 0 Å². The van der Waals surface area contributed by atoms with E-state index in [2.05, 4.69) is 20.1 Å². The summed E-state index contributed by atoms with van der Waals surface area (Å²) >= 11 is 1.61. The molecule has 1 rings (SSSR count). The molecule has 0 saturated heterocycles. The van der Waals surface area contributed by atoms with Crippen LogP contribution in [-0.2, 0) is 17.8 Å². The molecule has 5 nitrogen and oxygen atoms in total. The molecule has 0 bridgehead atoms. The molecule has 6 heteroatoms. The average Bonchev–Trinajstić information content (AvgIpc) is 2.70. The van der Waals surface area contributed by atoms with Crippen molar-refractivity contribution in [1.82, 2.24) is 20.1 Å². The molecular weight excluding hydrogens is 260 g/mol. The maximum Gasteiger partial charge on any atom is 0.226 e. The Morgan fingerprint density at radius 3 is 2.68 bits per heavy atom. The lowest BCUT2D eigenvalue weighted by Crippen LogP contribution is -2.28. The number of carbonyl (C=O) groups is 1. The van der Waals surface area contributed by atoms with Crippen LogP contribution in [0.1, 0.15) is 17.1 Å². The van der Waals surface area contributed by atoms with Crippen LogP contribution in [0.4, 0.5) is 0 Å². The number of nitrogens with one attached hydrogen (secondary N) is 1. The lowest BCUT2D eigenvalue weighted by atomic mass is 10.3. The van der Waals surface area contributed by atoms with Crippen LogP contribution in [0.15, 0.2) is 5.38 Å². The van der Waals surface area contributed by atoms with Gasteiger partial charge in [0.05, 0.1) is 12.1 Å². The predicted octanol–water partition coefficient (Wildman–Crippen LogP) is 0.815. The second-order valence-electron chi connectivity index (χ2n) is 5.15. The monoisotopic (exact) mass is 284 g/mol. The van der Waals surface area contributed by atoms with Gasteiger partial charge in [0, 0.05) is 18.5 Å². The van der Waals surface area contributed by atoms with E-state index in [0.29, 0.717) is 6.42 Å². The Hall–Kier alpha value is -0.980. The van der Waals surface area contributed by atoms with Gasteiger partial charge in [-0.2, -0.15) is 0 Å². The van der Waals surface area contributed by atoms with Crippen LogP contribution in [0.3, 0.4) is 0 Å². The Balaban J connectivity index is 2.26. The summed E-state index contributed by atoms with van der Waals surface area (Å²) in [5.41, 5.74) is 0.868. The highest BCUT2D eigenvalue weighted by Gasteiger charge is 2.07. The highest BCUT2D eigenvalue weighted by atomic mass is 32.1. The van der Waals surface area contributed by atoms with Crippen molar-refractivity contribution in [3.8, 4) is 0 Å². The summed E-state index contributed by atoms with van der Waals surface area (Å²) < 4.78 is 0. The number of amides is 1. The number of thiazole rings is 1. The van der Waals surface area contributed by atoms with Gasteiger partial charge >= 0.3 is 0 Å². The van der Waals surface area contributed by atoms with E-state index < -0.39 is 0 Å². The molecule has 1 heterocycles. The third kappa shape index (κ3) is 7.25. The summed E-state index contributed by atoms with van der Waals surface area (Å²) in [5.74, 6) is 0.0560. The van der Waals surface area contributed by atoms with Crippen molar-refractivity contribution in [1.29, 1.82) is 0 Å². The SMILES string of the molecule is CN(C)CCCNC(=O)Cc1csc(CN(C)C)n1. The summed E-state index contributed by atoms with van der Waals surface area (Å²) in [5, 5.41) is 5.95. The van der Waals surface area contributed by atoms with Crippen molar-refractivity contribution in [2.24, 2.45) is 0 Å². The molecule has 0 radical (unpaired) electrons. The lowest BCUT2D eigenvalue weighted by molar-refractivity contribution is -0.120. The number of rotatable bonds is 8. The lowest BCUT2D eigenvalue weighted by Gasteiger charge is -2.09. The van der Waals surface area contributed by atoms with Crippen LogP contribution in [-0.4, -0.2) is 62.0 Å². The van der Waals surface area contributed by atoms with Gasteiger partial charge in [0.1, 0.15) is 5.01 Å². The molecule has 0 unspecified atom stereocenters. The molecule has 0 saturated carbocycles. The molecule has 0 aromatic carbocycles. The Kier molecular flexibility index (Phi) is 6.97. The number of nitrogens with zero attached hydrogens (tertiary/aromatic N) is 3. The van der Waals surface area contributed by atoms with Gasteiger partial charge < -0.3 is 15.1 Å². The molecule has 0 aliphatic rings. The van der Waals surface area contributed by atoms with Gasteiger partial charge in [-0.1, -0.05) is 0 Å². The molecule has 0 atom stereocenters. The maximum atomic E-state index is 11.7. The van der Waals surface area contributed by atoms with E-state index >= 15 is 0 Å². The normalized spacial score (nSPS) is 11.3. The van der Waals surface area contributed by atoms with E-state index in [1.165, 1.54) is 0 Å². The predicted molar refractivity (Wildman–Crippen MR) is 79.4 cm³/mol. The second-order valence-corrected chi connectivity index (χ2v) is 6.10. The first-order chi connectivity index (χ1) is 8.97. The van der Waals surface area contributed by atoms with Gasteiger partial charge in [-0.15, -0.1) is 11.3 Å². The van der Waals surface area contributed by atoms with Crippen LogP contribution in [0.5, 0.6) is 0 Å². The fourth-order valence-electron chi connectivity index (χ4n) is 1.62. The minimum atomic E-state index is 0.0560. The van der Waals surface area contributed by atoms with Gasteiger partial charge in [-0.3, -0.25) is 4.79 Å². The number of carbonyl (C=O) groups excluding carboxylic acids is 1. The molecule has 1 aromatic rings. The Bertz CT molecular complexity index is 390. The smallest absolute Gasteiger partial charge is 0.226 e. The number of hydrogen-bond donors (Lipinski definition) is 1.